The molecule has 0 spiro atoms. The number of hydrogen-bond acceptors (Lipinski definition) is 3. The van der Waals surface area contributed by atoms with Gasteiger partial charge in [-0.3, -0.25) is 4.98 Å². The number of nitrogens with two attached hydrogens (primary N) is 1. The minimum absolute atomic E-state index is 0.134. The predicted octanol–water partition coefficient (Wildman–Crippen LogP) is 1.96. The van der Waals surface area contributed by atoms with Crippen molar-refractivity contribution in [1.82, 2.24) is 4.98 Å². The van der Waals surface area contributed by atoms with Gasteiger partial charge < -0.3 is 10.9 Å². The van der Waals surface area contributed by atoms with Crippen LogP contribution in [0.4, 0.5) is 0 Å². The Morgan fingerprint density at radius 1 is 1.12 bits per heavy atom. The van der Waals surface area contributed by atoms with E-state index in [0.29, 0.717) is 0 Å². The molecule has 1 aromatic heterocycles. The van der Waals surface area contributed by atoms with Gasteiger partial charge in [0, 0.05) is 6.20 Å². The molecular weight excluding hydrogens is 214 g/mol. The molecule has 4 heteroatoms. The second-order valence-corrected chi connectivity index (χ2v) is 3.62. The minimum atomic E-state index is -0.317. The zero-order chi connectivity index (χ0) is 12.1. The SMILES string of the molecule is N/C(=N/O)[C@H](c1ccccc1)c1ccccn1. The first kappa shape index (κ1) is 11.1. The summed E-state index contributed by atoms with van der Waals surface area (Å²) in [7, 11) is 0. The monoisotopic (exact) mass is 227 g/mol. The molecule has 0 bridgehead atoms. The third-order valence-electron chi connectivity index (χ3n) is 2.53. The van der Waals surface area contributed by atoms with E-state index in [1.54, 1.807) is 6.20 Å². The van der Waals surface area contributed by atoms with Crippen molar-refractivity contribution in [2.24, 2.45) is 10.9 Å². The van der Waals surface area contributed by atoms with Gasteiger partial charge >= 0.3 is 0 Å². The number of oxime groups is 1. The fraction of sp³-hybridized carbons (Fsp3) is 0.0769. The summed E-state index contributed by atoms with van der Waals surface area (Å²) in [6.45, 7) is 0. The van der Waals surface area contributed by atoms with Gasteiger partial charge in [0.15, 0.2) is 5.84 Å². The standard InChI is InChI=1S/C13H13N3O/c14-13(16-17)12(10-6-2-1-3-7-10)11-8-4-5-9-15-11/h1-9,12,17H,(H2,14,16)/t12-/m1/s1. The minimum Gasteiger partial charge on any atom is -0.409 e. The van der Waals surface area contributed by atoms with Crippen LogP contribution in [-0.2, 0) is 0 Å². The Balaban J connectivity index is 2.47. The third-order valence-corrected chi connectivity index (χ3v) is 2.53. The molecule has 0 fully saturated rings. The van der Waals surface area contributed by atoms with E-state index < -0.39 is 0 Å². The lowest BCUT2D eigenvalue weighted by molar-refractivity contribution is 0.316. The topological polar surface area (TPSA) is 71.5 Å². The fourth-order valence-corrected chi connectivity index (χ4v) is 1.74. The Hall–Kier alpha value is -2.36. The van der Waals surface area contributed by atoms with Crippen LogP contribution < -0.4 is 5.73 Å². The van der Waals surface area contributed by atoms with Crippen LogP contribution in [0, 0.1) is 0 Å². The number of rotatable bonds is 3. The highest BCUT2D eigenvalue weighted by Crippen LogP contribution is 2.22. The molecule has 17 heavy (non-hydrogen) atoms. The Labute approximate surface area is 99.4 Å². The third kappa shape index (κ3) is 2.42. The summed E-state index contributed by atoms with van der Waals surface area (Å²) in [5.41, 5.74) is 7.45. The second-order valence-electron chi connectivity index (χ2n) is 3.62. The van der Waals surface area contributed by atoms with Crippen LogP contribution in [0.1, 0.15) is 17.2 Å². The van der Waals surface area contributed by atoms with Gasteiger partial charge in [0.1, 0.15) is 0 Å². The number of benzene rings is 1. The summed E-state index contributed by atoms with van der Waals surface area (Å²) in [6.07, 6.45) is 1.69. The summed E-state index contributed by atoms with van der Waals surface area (Å²) in [6, 6.07) is 15.2. The average Bonchev–Trinajstić information content (AvgIpc) is 2.41. The highest BCUT2D eigenvalue weighted by Gasteiger charge is 2.19. The van der Waals surface area contributed by atoms with Crippen LogP contribution in [0.15, 0.2) is 59.9 Å². The molecule has 86 valence electrons. The number of aromatic nitrogens is 1. The first-order valence-corrected chi connectivity index (χ1v) is 5.26. The molecule has 0 radical (unpaired) electrons. The molecule has 0 saturated carbocycles. The maximum atomic E-state index is 8.86. The second kappa shape index (κ2) is 5.12. The van der Waals surface area contributed by atoms with Crippen molar-refractivity contribution < 1.29 is 5.21 Å². The number of pyridine rings is 1. The average molecular weight is 227 g/mol. The van der Waals surface area contributed by atoms with Crippen molar-refractivity contribution in [2.45, 2.75) is 5.92 Å². The van der Waals surface area contributed by atoms with E-state index in [2.05, 4.69) is 10.1 Å². The molecule has 0 unspecified atom stereocenters. The van der Waals surface area contributed by atoms with E-state index in [9.17, 15) is 0 Å². The van der Waals surface area contributed by atoms with Gasteiger partial charge in [0.25, 0.3) is 0 Å². The Kier molecular flexibility index (Phi) is 3.35. The predicted molar refractivity (Wildman–Crippen MR) is 65.9 cm³/mol. The molecule has 0 amide bonds. The largest absolute Gasteiger partial charge is 0.409 e. The van der Waals surface area contributed by atoms with Gasteiger partial charge in [-0.25, -0.2) is 0 Å². The van der Waals surface area contributed by atoms with E-state index in [1.165, 1.54) is 0 Å². The highest BCUT2D eigenvalue weighted by molar-refractivity contribution is 5.89. The van der Waals surface area contributed by atoms with Crippen LogP contribution in [0.25, 0.3) is 0 Å². The summed E-state index contributed by atoms with van der Waals surface area (Å²) < 4.78 is 0. The first-order valence-electron chi connectivity index (χ1n) is 5.26. The maximum absolute atomic E-state index is 8.86. The zero-order valence-corrected chi connectivity index (χ0v) is 9.19. The first-order chi connectivity index (χ1) is 8.33. The van der Waals surface area contributed by atoms with Gasteiger partial charge in [-0.05, 0) is 17.7 Å². The molecule has 0 aliphatic carbocycles. The molecule has 2 rings (SSSR count). The van der Waals surface area contributed by atoms with Crippen molar-refractivity contribution in [2.75, 3.05) is 0 Å². The quantitative estimate of drug-likeness (QED) is 0.364. The number of nitrogens with zero attached hydrogens (tertiary/aromatic N) is 2. The Bertz CT molecular complexity index is 457. The summed E-state index contributed by atoms with van der Waals surface area (Å²) in [4.78, 5) is 4.25. The lowest BCUT2D eigenvalue weighted by Crippen LogP contribution is -2.23. The van der Waals surface area contributed by atoms with E-state index in [-0.39, 0.29) is 11.8 Å². The van der Waals surface area contributed by atoms with Gasteiger partial charge in [-0.15, -0.1) is 0 Å². The van der Waals surface area contributed by atoms with Gasteiger partial charge in [-0.1, -0.05) is 41.6 Å². The van der Waals surface area contributed by atoms with E-state index in [0.717, 1.165) is 11.3 Å². The van der Waals surface area contributed by atoms with Crippen LogP contribution in [0.3, 0.4) is 0 Å². The normalized spacial score (nSPS) is 13.3. The van der Waals surface area contributed by atoms with Crippen LogP contribution in [-0.4, -0.2) is 16.0 Å². The van der Waals surface area contributed by atoms with Crippen molar-refractivity contribution in [3.63, 3.8) is 0 Å². The lowest BCUT2D eigenvalue weighted by Gasteiger charge is -2.15. The van der Waals surface area contributed by atoms with Crippen molar-refractivity contribution >= 4 is 5.84 Å². The number of amidine groups is 1. The molecule has 2 aromatic rings. The molecule has 1 heterocycles. The smallest absolute Gasteiger partial charge is 0.152 e. The lowest BCUT2D eigenvalue weighted by atomic mass is 9.94. The molecule has 3 N–H and O–H groups in total. The molecule has 1 atom stereocenters. The summed E-state index contributed by atoms with van der Waals surface area (Å²) in [5.74, 6) is -0.183. The molecule has 0 aliphatic rings. The Morgan fingerprint density at radius 3 is 2.41 bits per heavy atom. The fourth-order valence-electron chi connectivity index (χ4n) is 1.74. The van der Waals surface area contributed by atoms with E-state index >= 15 is 0 Å². The van der Waals surface area contributed by atoms with E-state index in [1.807, 2.05) is 48.5 Å². The summed E-state index contributed by atoms with van der Waals surface area (Å²) in [5, 5.41) is 12.0. The van der Waals surface area contributed by atoms with Crippen LogP contribution >= 0.6 is 0 Å². The van der Waals surface area contributed by atoms with Gasteiger partial charge in [0.2, 0.25) is 0 Å². The molecule has 1 aromatic carbocycles. The molecule has 0 aliphatic heterocycles. The highest BCUT2D eigenvalue weighted by atomic mass is 16.4. The van der Waals surface area contributed by atoms with Crippen LogP contribution in [0.5, 0.6) is 0 Å². The van der Waals surface area contributed by atoms with Crippen LogP contribution in [0.2, 0.25) is 0 Å². The van der Waals surface area contributed by atoms with Crippen molar-refractivity contribution in [3.8, 4) is 0 Å². The van der Waals surface area contributed by atoms with E-state index in [4.69, 9.17) is 10.9 Å². The number of hydrogen-bond donors (Lipinski definition) is 2. The zero-order valence-electron chi connectivity index (χ0n) is 9.19. The van der Waals surface area contributed by atoms with Gasteiger partial charge in [0.05, 0.1) is 11.6 Å². The van der Waals surface area contributed by atoms with Gasteiger partial charge in [-0.2, -0.15) is 0 Å². The Morgan fingerprint density at radius 2 is 1.82 bits per heavy atom. The molecular formula is C13H13N3O. The maximum Gasteiger partial charge on any atom is 0.152 e. The summed E-state index contributed by atoms with van der Waals surface area (Å²) >= 11 is 0. The molecule has 4 nitrogen and oxygen atoms in total. The van der Waals surface area contributed by atoms with Crippen molar-refractivity contribution in [3.05, 3.63) is 66.0 Å². The van der Waals surface area contributed by atoms with Crippen molar-refractivity contribution in [1.29, 1.82) is 0 Å². The molecule has 0 saturated heterocycles.